The minimum atomic E-state index is -0.543. The molecule has 0 aliphatic carbocycles. The molecule has 124 valence electrons. The van der Waals surface area contributed by atoms with Gasteiger partial charge in [-0.2, -0.15) is 0 Å². The summed E-state index contributed by atoms with van der Waals surface area (Å²) in [7, 11) is -0.543. The molecule has 0 amide bonds. The standard InChI is InChI=1S/C17H34O3Si/c1-6-10-11-12-15(19-16(18)7-2)13-14-21-20-17(5,8-3)9-4/h7,15H,2,6,8-14,21H2,1,3-5H3. The molecule has 1 atom stereocenters. The molecule has 0 saturated heterocycles. The molecule has 0 spiro atoms. The van der Waals surface area contributed by atoms with E-state index in [9.17, 15) is 4.79 Å². The molecule has 0 aliphatic heterocycles. The summed E-state index contributed by atoms with van der Waals surface area (Å²) in [4.78, 5) is 11.4. The van der Waals surface area contributed by atoms with Gasteiger partial charge in [-0.25, -0.2) is 4.79 Å². The van der Waals surface area contributed by atoms with Gasteiger partial charge < -0.3 is 9.16 Å². The van der Waals surface area contributed by atoms with Crippen molar-refractivity contribution in [3.63, 3.8) is 0 Å². The van der Waals surface area contributed by atoms with E-state index in [0.29, 0.717) is 0 Å². The molecule has 0 aromatic rings. The van der Waals surface area contributed by atoms with Gasteiger partial charge in [0.05, 0.1) is 5.60 Å². The van der Waals surface area contributed by atoms with E-state index in [4.69, 9.17) is 9.16 Å². The first-order chi connectivity index (χ1) is 10.0. The molecule has 4 heteroatoms. The average molecular weight is 315 g/mol. The Morgan fingerprint density at radius 1 is 1.24 bits per heavy atom. The lowest BCUT2D eigenvalue weighted by atomic mass is 10.0. The molecule has 0 aromatic carbocycles. The Hall–Kier alpha value is -0.613. The Kier molecular flexibility index (Phi) is 11.6. The van der Waals surface area contributed by atoms with Crippen molar-refractivity contribution in [3.05, 3.63) is 12.7 Å². The van der Waals surface area contributed by atoms with Gasteiger partial charge in [0.2, 0.25) is 0 Å². The van der Waals surface area contributed by atoms with E-state index in [2.05, 4.69) is 34.3 Å². The quantitative estimate of drug-likeness (QED) is 0.222. The van der Waals surface area contributed by atoms with Gasteiger partial charge in [-0.05, 0) is 45.1 Å². The van der Waals surface area contributed by atoms with Gasteiger partial charge in [-0.15, -0.1) is 0 Å². The van der Waals surface area contributed by atoms with E-state index >= 15 is 0 Å². The summed E-state index contributed by atoms with van der Waals surface area (Å²) in [6.07, 6.45) is 8.79. The molecule has 0 heterocycles. The lowest BCUT2D eigenvalue weighted by Crippen LogP contribution is -2.29. The van der Waals surface area contributed by atoms with Gasteiger partial charge in [0.15, 0.2) is 9.76 Å². The molecule has 0 N–H and O–H groups in total. The monoisotopic (exact) mass is 314 g/mol. The molecule has 0 bridgehead atoms. The summed E-state index contributed by atoms with van der Waals surface area (Å²) in [6, 6.07) is 1.07. The molecule has 1 unspecified atom stereocenters. The van der Waals surface area contributed by atoms with Gasteiger partial charge in [0.1, 0.15) is 6.10 Å². The van der Waals surface area contributed by atoms with Crippen LogP contribution in [0.1, 0.15) is 72.6 Å². The first-order valence-electron chi connectivity index (χ1n) is 8.48. The second kappa shape index (κ2) is 12.0. The largest absolute Gasteiger partial charge is 0.459 e. The average Bonchev–Trinajstić information content (AvgIpc) is 2.50. The lowest BCUT2D eigenvalue weighted by molar-refractivity contribution is -0.143. The maximum absolute atomic E-state index is 11.4. The van der Waals surface area contributed by atoms with Crippen molar-refractivity contribution >= 4 is 15.7 Å². The molecule has 0 rings (SSSR count). The van der Waals surface area contributed by atoms with Crippen LogP contribution in [0.25, 0.3) is 0 Å². The number of esters is 1. The van der Waals surface area contributed by atoms with Crippen LogP contribution in [0, 0.1) is 0 Å². The number of ether oxygens (including phenoxy) is 1. The normalized spacial score (nSPS) is 13.5. The fourth-order valence-corrected chi connectivity index (χ4v) is 3.85. The number of unbranched alkanes of at least 4 members (excludes halogenated alkanes) is 2. The predicted octanol–water partition coefficient (Wildman–Crippen LogP) is 4.15. The van der Waals surface area contributed by atoms with Crippen LogP contribution in [0.2, 0.25) is 6.04 Å². The van der Waals surface area contributed by atoms with Crippen molar-refractivity contribution in [1.82, 2.24) is 0 Å². The van der Waals surface area contributed by atoms with Crippen molar-refractivity contribution in [2.75, 3.05) is 0 Å². The highest BCUT2D eigenvalue weighted by Gasteiger charge is 2.20. The number of carbonyl (C=O) groups is 1. The van der Waals surface area contributed by atoms with Crippen molar-refractivity contribution in [1.29, 1.82) is 0 Å². The summed E-state index contributed by atoms with van der Waals surface area (Å²) in [5.74, 6) is -0.300. The molecule has 21 heavy (non-hydrogen) atoms. The molecular formula is C17H34O3Si. The van der Waals surface area contributed by atoms with Crippen LogP contribution in [0.3, 0.4) is 0 Å². The third-order valence-corrected chi connectivity index (χ3v) is 5.79. The van der Waals surface area contributed by atoms with Gasteiger partial charge in [-0.1, -0.05) is 40.2 Å². The van der Waals surface area contributed by atoms with Crippen molar-refractivity contribution in [2.45, 2.75) is 90.4 Å². The number of hydrogen-bond acceptors (Lipinski definition) is 3. The zero-order valence-corrected chi connectivity index (χ0v) is 15.9. The fraction of sp³-hybridized carbons (Fsp3) is 0.824. The van der Waals surface area contributed by atoms with Crippen LogP contribution in [-0.4, -0.2) is 27.4 Å². The summed E-state index contributed by atoms with van der Waals surface area (Å²) < 4.78 is 11.6. The van der Waals surface area contributed by atoms with Gasteiger partial charge >= 0.3 is 5.97 Å². The smallest absolute Gasteiger partial charge is 0.330 e. The molecule has 0 aromatic heterocycles. The van der Waals surface area contributed by atoms with Crippen LogP contribution in [0.4, 0.5) is 0 Å². The van der Waals surface area contributed by atoms with Crippen molar-refractivity contribution < 1.29 is 14.0 Å². The van der Waals surface area contributed by atoms with Crippen LogP contribution in [-0.2, 0) is 14.0 Å². The Balaban J connectivity index is 4.09. The molecule has 0 aliphatic rings. The van der Waals surface area contributed by atoms with E-state index in [1.807, 2.05) is 0 Å². The maximum Gasteiger partial charge on any atom is 0.330 e. The minimum Gasteiger partial charge on any atom is -0.459 e. The SMILES string of the molecule is C=CC(=O)OC(CCCCC)CC[SiH2]OC(C)(CC)CC. The van der Waals surface area contributed by atoms with Crippen LogP contribution < -0.4 is 0 Å². The topological polar surface area (TPSA) is 35.5 Å². The summed E-state index contributed by atoms with van der Waals surface area (Å²) in [5.41, 5.74) is 0.0434. The third kappa shape index (κ3) is 9.85. The summed E-state index contributed by atoms with van der Waals surface area (Å²) in [5, 5.41) is 0. The first-order valence-corrected chi connectivity index (χ1v) is 10.1. The second-order valence-electron chi connectivity index (χ2n) is 5.91. The van der Waals surface area contributed by atoms with Crippen LogP contribution >= 0.6 is 0 Å². The van der Waals surface area contributed by atoms with Crippen molar-refractivity contribution in [3.8, 4) is 0 Å². The molecule has 0 fully saturated rings. The number of rotatable bonds is 13. The lowest BCUT2D eigenvalue weighted by Gasteiger charge is -2.28. The first kappa shape index (κ1) is 20.4. The highest BCUT2D eigenvalue weighted by atomic mass is 28.2. The van der Waals surface area contributed by atoms with Crippen LogP contribution in [0.15, 0.2) is 12.7 Å². The Morgan fingerprint density at radius 3 is 2.43 bits per heavy atom. The van der Waals surface area contributed by atoms with E-state index < -0.39 is 9.76 Å². The van der Waals surface area contributed by atoms with Gasteiger partial charge in [-0.3, -0.25) is 0 Å². The fourth-order valence-electron chi connectivity index (χ4n) is 2.18. The van der Waals surface area contributed by atoms with Gasteiger partial charge in [0.25, 0.3) is 0 Å². The van der Waals surface area contributed by atoms with E-state index in [1.165, 1.54) is 18.9 Å². The zero-order chi connectivity index (χ0) is 16.1. The predicted molar refractivity (Wildman–Crippen MR) is 92.3 cm³/mol. The third-order valence-electron chi connectivity index (χ3n) is 4.20. The molecule has 0 saturated carbocycles. The summed E-state index contributed by atoms with van der Waals surface area (Å²) >= 11 is 0. The molecule has 3 nitrogen and oxygen atoms in total. The molecule has 0 radical (unpaired) electrons. The van der Waals surface area contributed by atoms with Gasteiger partial charge in [0, 0.05) is 6.08 Å². The Labute approximate surface area is 133 Å². The zero-order valence-electron chi connectivity index (χ0n) is 14.5. The minimum absolute atomic E-state index is 0.0349. The number of carbonyl (C=O) groups excluding carboxylic acids is 1. The highest BCUT2D eigenvalue weighted by Crippen LogP contribution is 2.20. The van der Waals surface area contributed by atoms with E-state index in [1.54, 1.807) is 0 Å². The Morgan fingerprint density at radius 2 is 1.90 bits per heavy atom. The van der Waals surface area contributed by atoms with Crippen LogP contribution in [0.5, 0.6) is 0 Å². The summed E-state index contributed by atoms with van der Waals surface area (Å²) in [6.45, 7) is 12.2. The molecular weight excluding hydrogens is 280 g/mol. The second-order valence-corrected chi connectivity index (χ2v) is 7.31. The number of hydrogen-bond donors (Lipinski definition) is 0. The maximum atomic E-state index is 11.4. The van der Waals surface area contributed by atoms with E-state index in [0.717, 1.165) is 38.1 Å². The van der Waals surface area contributed by atoms with E-state index in [-0.39, 0.29) is 17.7 Å². The Bertz CT molecular complexity index is 288. The highest BCUT2D eigenvalue weighted by molar-refractivity contribution is 6.27. The van der Waals surface area contributed by atoms with Crippen molar-refractivity contribution in [2.24, 2.45) is 0 Å².